The molecule has 0 radical (unpaired) electrons. The molecular formula is C10H16N2. The Morgan fingerprint density at radius 3 is 2.92 bits per heavy atom. The highest BCUT2D eigenvalue weighted by Gasteiger charge is 1.91. The van der Waals surface area contributed by atoms with Gasteiger partial charge in [0.1, 0.15) is 0 Å². The molecule has 0 aromatic carbocycles. The minimum atomic E-state index is 1.10. The predicted molar refractivity (Wildman–Crippen MR) is 51.1 cm³/mol. The Morgan fingerprint density at radius 1 is 1.33 bits per heavy atom. The minimum Gasteiger partial charge on any atom is -0.320 e. The lowest BCUT2D eigenvalue weighted by Gasteiger charge is -1.99. The molecular weight excluding hydrogens is 148 g/mol. The highest BCUT2D eigenvalue weighted by Crippen LogP contribution is 1.99. The molecule has 0 aliphatic carbocycles. The Kier molecular flexibility index (Phi) is 4.39. The number of nitrogens with zero attached hydrogens (tertiary/aromatic N) is 1. The van der Waals surface area contributed by atoms with Gasteiger partial charge in [0.15, 0.2) is 0 Å². The first kappa shape index (κ1) is 9.20. The molecule has 1 aromatic heterocycles. The number of aryl methyl sites for hydroxylation is 1. The number of unbranched alkanes of at least 4 members (excludes halogenated alkanes) is 1. The molecule has 0 spiro atoms. The van der Waals surface area contributed by atoms with E-state index >= 15 is 0 Å². The van der Waals surface area contributed by atoms with Crippen molar-refractivity contribution >= 4 is 0 Å². The van der Waals surface area contributed by atoms with E-state index in [1.54, 1.807) is 0 Å². The number of rotatable bonds is 5. The second-order valence-corrected chi connectivity index (χ2v) is 2.88. The molecule has 66 valence electrons. The van der Waals surface area contributed by atoms with E-state index in [0.29, 0.717) is 0 Å². The van der Waals surface area contributed by atoms with Gasteiger partial charge >= 0.3 is 0 Å². The molecule has 0 saturated heterocycles. The summed E-state index contributed by atoms with van der Waals surface area (Å²) in [5, 5.41) is 3.13. The van der Waals surface area contributed by atoms with Gasteiger partial charge in [-0.1, -0.05) is 6.07 Å². The molecule has 2 nitrogen and oxygen atoms in total. The normalized spacial score (nSPS) is 10.1. The molecule has 0 fully saturated rings. The second-order valence-electron chi connectivity index (χ2n) is 2.88. The summed E-state index contributed by atoms with van der Waals surface area (Å²) in [5.74, 6) is 0. The van der Waals surface area contributed by atoms with Gasteiger partial charge in [-0.3, -0.25) is 4.98 Å². The van der Waals surface area contributed by atoms with Crippen LogP contribution >= 0.6 is 0 Å². The van der Waals surface area contributed by atoms with E-state index in [9.17, 15) is 0 Å². The topological polar surface area (TPSA) is 24.9 Å². The Hall–Kier alpha value is -0.890. The Morgan fingerprint density at radius 2 is 2.25 bits per heavy atom. The van der Waals surface area contributed by atoms with Gasteiger partial charge in [-0.25, -0.2) is 0 Å². The fourth-order valence-corrected chi connectivity index (χ4v) is 1.15. The minimum absolute atomic E-state index is 1.10. The van der Waals surface area contributed by atoms with Gasteiger partial charge in [0.2, 0.25) is 0 Å². The van der Waals surface area contributed by atoms with Gasteiger partial charge in [0, 0.05) is 11.9 Å². The highest BCUT2D eigenvalue weighted by molar-refractivity contribution is 5.03. The summed E-state index contributed by atoms with van der Waals surface area (Å²) in [4.78, 5) is 4.26. The standard InChI is InChI=1S/C10H16N2/c1-11-8-4-2-6-10-7-3-5-9-12-10/h3,5,7,9,11H,2,4,6,8H2,1H3. The average Bonchev–Trinajstić information content (AvgIpc) is 2.14. The third-order valence-electron chi connectivity index (χ3n) is 1.84. The predicted octanol–water partition coefficient (Wildman–Crippen LogP) is 1.62. The maximum Gasteiger partial charge on any atom is 0.0403 e. The molecule has 1 rings (SSSR count). The number of nitrogens with one attached hydrogen (secondary N) is 1. The van der Waals surface area contributed by atoms with Gasteiger partial charge in [0.05, 0.1) is 0 Å². The summed E-state index contributed by atoms with van der Waals surface area (Å²) < 4.78 is 0. The summed E-state index contributed by atoms with van der Waals surface area (Å²) in [7, 11) is 1.99. The zero-order valence-corrected chi connectivity index (χ0v) is 7.59. The largest absolute Gasteiger partial charge is 0.320 e. The van der Waals surface area contributed by atoms with Crippen molar-refractivity contribution < 1.29 is 0 Å². The van der Waals surface area contributed by atoms with E-state index < -0.39 is 0 Å². The smallest absolute Gasteiger partial charge is 0.0403 e. The van der Waals surface area contributed by atoms with Gasteiger partial charge in [0.25, 0.3) is 0 Å². The van der Waals surface area contributed by atoms with Crippen LogP contribution in [0.15, 0.2) is 24.4 Å². The molecule has 1 aromatic rings. The summed E-state index contributed by atoms with van der Waals surface area (Å²) in [6, 6.07) is 6.08. The Labute approximate surface area is 74.0 Å². The quantitative estimate of drug-likeness (QED) is 0.669. The van der Waals surface area contributed by atoms with E-state index in [-0.39, 0.29) is 0 Å². The second kappa shape index (κ2) is 5.72. The van der Waals surface area contributed by atoms with Crippen molar-refractivity contribution in [2.75, 3.05) is 13.6 Å². The van der Waals surface area contributed by atoms with E-state index in [2.05, 4.69) is 16.4 Å². The van der Waals surface area contributed by atoms with E-state index in [1.807, 2.05) is 25.4 Å². The van der Waals surface area contributed by atoms with Crippen molar-refractivity contribution in [1.29, 1.82) is 0 Å². The molecule has 0 aliphatic heterocycles. The van der Waals surface area contributed by atoms with Crippen LogP contribution in [-0.2, 0) is 6.42 Å². The zero-order chi connectivity index (χ0) is 8.65. The maximum atomic E-state index is 4.26. The van der Waals surface area contributed by atoms with Gasteiger partial charge in [-0.2, -0.15) is 0 Å². The zero-order valence-electron chi connectivity index (χ0n) is 7.59. The molecule has 0 bridgehead atoms. The fraction of sp³-hybridized carbons (Fsp3) is 0.500. The summed E-state index contributed by atoms with van der Waals surface area (Å²) in [5.41, 5.74) is 1.20. The molecule has 0 unspecified atom stereocenters. The van der Waals surface area contributed by atoms with Crippen molar-refractivity contribution in [2.45, 2.75) is 19.3 Å². The number of aromatic nitrogens is 1. The van der Waals surface area contributed by atoms with Crippen LogP contribution < -0.4 is 5.32 Å². The van der Waals surface area contributed by atoms with E-state index in [0.717, 1.165) is 13.0 Å². The van der Waals surface area contributed by atoms with Crippen LogP contribution in [-0.4, -0.2) is 18.6 Å². The van der Waals surface area contributed by atoms with Crippen LogP contribution in [0.1, 0.15) is 18.5 Å². The van der Waals surface area contributed by atoms with E-state index in [4.69, 9.17) is 0 Å². The van der Waals surface area contributed by atoms with Crippen LogP contribution in [0.25, 0.3) is 0 Å². The summed E-state index contributed by atoms with van der Waals surface area (Å²) in [6.07, 6.45) is 5.40. The molecule has 12 heavy (non-hydrogen) atoms. The van der Waals surface area contributed by atoms with Gasteiger partial charge in [-0.15, -0.1) is 0 Å². The average molecular weight is 164 g/mol. The van der Waals surface area contributed by atoms with Crippen molar-refractivity contribution in [3.8, 4) is 0 Å². The first-order valence-electron chi connectivity index (χ1n) is 4.48. The van der Waals surface area contributed by atoms with Crippen LogP contribution in [0.3, 0.4) is 0 Å². The Balaban J connectivity index is 2.16. The lowest BCUT2D eigenvalue weighted by atomic mass is 10.2. The highest BCUT2D eigenvalue weighted by atomic mass is 14.8. The third kappa shape index (κ3) is 3.49. The molecule has 1 heterocycles. The maximum absolute atomic E-state index is 4.26. The van der Waals surface area contributed by atoms with Crippen LogP contribution in [0, 0.1) is 0 Å². The summed E-state index contributed by atoms with van der Waals surface area (Å²) >= 11 is 0. The third-order valence-corrected chi connectivity index (χ3v) is 1.84. The SMILES string of the molecule is CNCCCCc1ccccn1. The fourth-order valence-electron chi connectivity index (χ4n) is 1.15. The molecule has 0 aliphatic rings. The van der Waals surface area contributed by atoms with Crippen LogP contribution in [0.5, 0.6) is 0 Å². The van der Waals surface area contributed by atoms with Crippen molar-refractivity contribution in [2.24, 2.45) is 0 Å². The van der Waals surface area contributed by atoms with Crippen LogP contribution in [0.4, 0.5) is 0 Å². The number of hydrogen-bond donors (Lipinski definition) is 1. The summed E-state index contributed by atoms with van der Waals surface area (Å²) in [6.45, 7) is 1.10. The molecule has 0 atom stereocenters. The van der Waals surface area contributed by atoms with Crippen molar-refractivity contribution in [1.82, 2.24) is 10.3 Å². The molecule has 0 saturated carbocycles. The molecule has 1 N–H and O–H groups in total. The number of hydrogen-bond acceptors (Lipinski definition) is 2. The van der Waals surface area contributed by atoms with Gasteiger partial charge in [-0.05, 0) is 45.0 Å². The first-order chi connectivity index (χ1) is 5.93. The number of pyridine rings is 1. The molecule has 2 heteroatoms. The van der Waals surface area contributed by atoms with Gasteiger partial charge < -0.3 is 5.32 Å². The lowest BCUT2D eigenvalue weighted by Crippen LogP contribution is -2.07. The monoisotopic (exact) mass is 164 g/mol. The van der Waals surface area contributed by atoms with Crippen LogP contribution in [0.2, 0.25) is 0 Å². The lowest BCUT2D eigenvalue weighted by molar-refractivity contribution is 0.671. The Bertz CT molecular complexity index is 196. The molecule has 0 amide bonds. The van der Waals surface area contributed by atoms with Crippen molar-refractivity contribution in [3.63, 3.8) is 0 Å². The van der Waals surface area contributed by atoms with Crippen molar-refractivity contribution in [3.05, 3.63) is 30.1 Å². The first-order valence-corrected chi connectivity index (χ1v) is 4.48. The van der Waals surface area contributed by atoms with E-state index in [1.165, 1.54) is 18.5 Å².